The maximum atomic E-state index is 12.5. The van der Waals surface area contributed by atoms with Gasteiger partial charge < -0.3 is 10.5 Å². The molecule has 8 heteroatoms. The van der Waals surface area contributed by atoms with Gasteiger partial charge in [0.05, 0.1) is 7.11 Å². The highest BCUT2D eigenvalue weighted by Crippen LogP contribution is 2.32. The van der Waals surface area contributed by atoms with Crippen molar-refractivity contribution in [3.8, 4) is 5.75 Å². The summed E-state index contributed by atoms with van der Waals surface area (Å²) in [7, 11) is -0.668. The van der Waals surface area contributed by atoms with Crippen LogP contribution in [0.15, 0.2) is 21.5 Å². The fraction of sp³-hybridized carbons (Fsp3) is 0.500. The van der Waals surface area contributed by atoms with Gasteiger partial charge in [-0.3, -0.25) is 0 Å². The Morgan fingerprint density at radius 2 is 2.00 bits per heavy atom. The van der Waals surface area contributed by atoms with Crippen LogP contribution in [0.1, 0.15) is 12.5 Å². The number of benzene rings is 1. The number of nitrogens with two attached hydrogens (primary N) is 1. The molecule has 20 heavy (non-hydrogen) atoms. The highest BCUT2D eigenvalue weighted by molar-refractivity contribution is 9.10. The van der Waals surface area contributed by atoms with E-state index < -0.39 is 10.0 Å². The number of sulfonamides is 1. The van der Waals surface area contributed by atoms with Crippen LogP contribution in [0.2, 0.25) is 0 Å². The van der Waals surface area contributed by atoms with Crippen molar-refractivity contribution >= 4 is 38.4 Å². The second-order valence-electron chi connectivity index (χ2n) is 4.36. The van der Waals surface area contributed by atoms with E-state index in [4.69, 9.17) is 10.5 Å². The number of nitrogens with zero attached hydrogens (tertiary/aromatic N) is 1. The van der Waals surface area contributed by atoms with Gasteiger partial charge in [-0.05, 0) is 31.5 Å². The Morgan fingerprint density at radius 1 is 1.45 bits per heavy atom. The zero-order valence-electron chi connectivity index (χ0n) is 11.9. The maximum absolute atomic E-state index is 12.5. The van der Waals surface area contributed by atoms with Crippen LogP contribution in [-0.2, 0) is 10.0 Å². The molecule has 0 bridgehead atoms. The summed E-state index contributed by atoms with van der Waals surface area (Å²) in [5, 5.41) is 0. The average Bonchev–Trinajstić information content (AvgIpc) is 2.39. The summed E-state index contributed by atoms with van der Waals surface area (Å²) in [5.74, 6) is 0.330. The van der Waals surface area contributed by atoms with Crippen molar-refractivity contribution in [3.63, 3.8) is 0 Å². The van der Waals surface area contributed by atoms with Gasteiger partial charge in [0.25, 0.3) is 0 Å². The highest BCUT2D eigenvalue weighted by atomic mass is 79.9. The van der Waals surface area contributed by atoms with Crippen LogP contribution in [0.5, 0.6) is 5.75 Å². The van der Waals surface area contributed by atoms with E-state index in [0.29, 0.717) is 5.75 Å². The first kappa shape index (κ1) is 19.7. The van der Waals surface area contributed by atoms with E-state index in [9.17, 15) is 8.42 Å². The predicted octanol–water partition coefficient (Wildman–Crippen LogP) is 2.16. The third-order valence-corrected chi connectivity index (χ3v) is 5.91. The van der Waals surface area contributed by atoms with Crippen molar-refractivity contribution in [2.45, 2.75) is 24.8 Å². The van der Waals surface area contributed by atoms with Crippen molar-refractivity contribution < 1.29 is 13.2 Å². The standard InChI is InChI=1S/C12H19BrN2O3S.ClH/c1-8-5-11(18-4)12(6-10(8)13)19(16,17)15(3)9(2)7-14;/h5-6,9H,7,14H2,1-4H3;1H. The largest absolute Gasteiger partial charge is 0.495 e. The quantitative estimate of drug-likeness (QED) is 0.840. The van der Waals surface area contributed by atoms with Gasteiger partial charge in [-0.2, -0.15) is 4.31 Å². The molecule has 116 valence electrons. The van der Waals surface area contributed by atoms with Crippen molar-refractivity contribution in [2.24, 2.45) is 5.73 Å². The summed E-state index contributed by atoms with van der Waals surface area (Å²) in [5.41, 5.74) is 6.43. The minimum atomic E-state index is -3.63. The van der Waals surface area contributed by atoms with Crippen LogP contribution < -0.4 is 10.5 Å². The normalized spacial score (nSPS) is 12.9. The summed E-state index contributed by atoms with van der Waals surface area (Å²) in [6, 6.07) is 2.97. The number of hydrogen-bond acceptors (Lipinski definition) is 4. The third kappa shape index (κ3) is 3.85. The molecule has 1 atom stereocenters. The monoisotopic (exact) mass is 386 g/mol. The van der Waals surface area contributed by atoms with Gasteiger partial charge in [0.2, 0.25) is 10.0 Å². The molecule has 0 amide bonds. The van der Waals surface area contributed by atoms with Gasteiger partial charge in [-0.25, -0.2) is 8.42 Å². The molecule has 0 saturated heterocycles. The molecule has 1 rings (SSSR count). The molecule has 1 unspecified atom stereocenters. The molecular weight excluding hydrogens is 368 g/mol. The Hall–Kier alpha value is -0.340. The average molecular weight is 388 g/mol. The van der Waals surface area contributed by atoms with Gasteiger partial charge in [0, 0.05) is 24.1 Å². The summed E-state index contributed by atoms with van der Waals surface area (Å²) >= 11 is 3.34. The second kappa shape index (κ2) is 7.61. The van der Waals surface area contributed by atoms with Crippen LogP contribution in [-0.4, -0.2) is 39.5 Å². The lowest BCUT2D eigenvalue weighted by Crippen LogP contribution is -2.39. The lowest BCUT2D eigenvalue weighted by atomic mass is 10.2. The number of halogens is 2. The third-order valence-electron chi connectivity index (χ3n) is 3.06. The number of likely N-dealkylation sites (N-methyl/N-ethyl adjacent to an activating group) is 1. The van der Waals surface area contributed by atoms with Crippen LogP contribution in [0.25, 0.3) is 0 Å². The van der Waals surface area contributed by atoms with E-state index >= 15 is 0 Å². The highest BCUT2D eigenvalue weighted by Gasteiger charge is 2.28. The molecule has 0 spiro atoms. The second-order valence-corrected chi connectivity index (χ2v) is 7.18. The van der Waals surface area contributed by atoms with Crippen molar-refractivity contribution in [1.82, 2.24) is 4.31 Å². The molecule has 0 radical (unpaired) electrons. The minimum Gasteiger partial charge on any atom is -0.495 e. The molecule has 0 aliphatic heterocycles. The first-order valence-electron chi connectivity index (χ1n) is 5.78. The minimum absolute atomic E-state index is 0. The molecule has 2 N–H and O–H groups in total. The van der Waals surface area contributed by atoms with Crippen LogP contribution in [0.3, 0.4) is 0 Å². The molecule has 5 nitrogen and oxygen atoms in total. The molecule has 0 saturated carbocycles. The lowest BCUT2D eigenvalue weighted by molar-refractivity contribution is 0.380. The number of hydrogen-bond donors (Lipinski definition) is 1. The Bertz CT molecular complexity index is 566. The van der Waals surface area contributed by atoms with Gasteiger partial charge in [0.1, 0.15) is 10.6 Å². The Kier molecular flexibility index (Phi) is 7.48. The van der Waals surface area contributed by atoms with Gasteiger partial charge in [-0.1, -0.05) is 15.9 Å². The Balaban J connectivity index is 0.00000361. The molecule has 0 heterocycles. The fourth-order valence-corrected chi connectivity index (χ4v) is 3.57. The summed E-state index contributed by atoms with van der Waals surface area (Å²) < 4.78 is 32.2. The van der Waals surface area contributed by atoms with Crippen LogP contribution >= 0.6 is 28.3 Å². The first-order valence-corrected chi connectivity index (χ1v) is 8.01. The summed E-state index contributed by atoms with van der Waals surface area (Å²) in [6.45, 7) is 3.88. The number of methoxy groups -OCH3 is 1. The van der Waals surface area contributed by atoms with Gasteiger partial charge in [0.15, 0.2) is 0 Å². The Morgan fingerprint density at radius 3 is 2.45 bits per heavy atom. The van der Waals surface area contributed by atoms with E-state index in [1.54, 1.807) is 19.1 Å². The maximum Gasteiger partial charge on any atom is 0.246 e. The molecular formula is C12H20BrClN2O3S. The molecule has 0 aromatic heterocycles. The smallest absolute Gasteiger partial charge is 0.246 e. The van der Waals surface area contributed by atoms with E-state index in [0.717, 1.165) is 10.0 Å². The molecule has 0 aliphatic rings. The van der Waals surface area contributed by atoms with Crippen molar-refractivity contribution in [2.75, 3.05) is 20.7 Å². The number of rotatable bonds is 5. The molecule has 1 aromatic carbocycles. The van der Waals surface area contributed by atoms with E-state index in [1.165, 1.54) is 18.5 Å². The molecule has 1 aromatic rings. The van der Waals surface area contributed by atoms with Crippen molar-refractivity contribution in [3.05, 3.63) is 22.2 Å². The Labute approximate surface area is 135 Å². The lowest BCUT2D eigenvalue weighted by Gasteiger charge is -2.24. The SMILES string of the molecule is COc1cc(C)c(Br)cc1S(=O)(=O)N(C)C(C)CN.Cl. The van der Waals surface area contributed by atoms with Gasteiger partial charge in [-0.15, -0.1) is 12.4 Å². The molecule has 0 fully saturated rings. The number of ether oxygens (including phenoxy) is 1. The van der Waals surface area contributed by atoms with Crippen molar-refractivity contribution in [1.29, 1.82) is 0 Å². The van der Waals surface area contributed by atoms with E-state index in [2.05, 4.69) is 15.9 Å². The fourth-order valence-electron chi connectivity index (χ4n) is 1.54. The van der Waals surface area contributed by atoms with Gasteiger partial charge >= 0.3 is 0 Å². The zero-order valence-corrected chi connectivity index (χ0v) is 15.1. The predicted molar refractivity (Wildman–Crippen MR) is 86.1 cm³/mol. The van der Waals surface area contributed by atoms with E-state index in [1.807, 2.05) is 6.92 Å². The topological polar surface area (TPSA) is 72.6 Å². The summed E-state index contributed by atoms with van der Waals surface area (Å²) in [4.78, 5) is 0.135. The molecule has 0 aliphatic carbocycles. The zero-order chi connectivity index (χ0) is 14.8. The first-order chi connectivity index (χ1) is 8.75. The summed E-state index contributed by atoms with van der Waals surface area (Å²) in [6.07, 6.45) is 0. The van der Waals surface area contributed by atoms with Crippen LogP contribution in [0, 0.1) is 6.92 Å². The van der Waals surface area contributed by atoms with E-state index in [-0.39, 0.29) is 29.9 Å². The van der Waals surface area contributed by atoms with Crippen LogP contribution in [0.4, 0.5) is 0 Å². The number of aryl methyl sites for hydroxylation is 1.